The fourth-order valence-corrected chi connectivity index (χ4v) is 2.25. The predicted octanol–water partition coefficient (Wildman–Crippen LogP) is 4.42. The van der Waals surface area contributed by atoms with Crippen LogP contribution in [0.15, 0.2) is 30.3 Å². The number of benzene rings is 1. The summed E-state index contributed by atoms with van der Waals surface area (Å²) in [5.41, 5.74) is 1.44. The molecule has 0 saturated carbocycles. The van der Waals surface area contributed by atoms with E-state index < -0.39 is 0 Å². The van der Waals surface area contributed by atoms with Crippen LogP contribution in [0.5, 0.6) is 0 Å². The highest BCUT2D eigenvalue weighted by Gasteiger charge is 2.12. The van der Waals surface area contributed by atoms with Crippen LogP contribution in [0.3, 0.4) is 0 Å². The average molecular weight is 247 g/mol. The van der Waals surface area contributed by atoms with Gasteiger partial charge in [-0.3, -0.25) is 0 Å². The summed E-state index contributed by atoms with van der Waals surface area (Å²) in [6.07, 6.45) is 6.50. The topological polar surface area (TPSA) is 12.0 Å². The van der Waals surface area contributed by atoms with Crippen LogP contribution in [-0.4, -0.2) is 12.6 Å². The number of nitrogens with one attached hydrogen (secondary N) is 1. The monoisotopic (exact) mass is 247 g/mol. The summed E-state index contributed by atoms with van der Waals surface area (Å²) in [6, 6.07) is 11.4. The molecule has 1 aromatic carbocycles. The van der Waals surface area contributed by atoms with Crippen LogP contribution in [0.2, 0.25) is 0 Å². The molecule has 0 aromatic heterocycles. The molecule has 1 N–H and O–H groups in total. The average Bonchev–Trinajstić information content (AvgIpc) is 2.38. The molecule has 0 aliphatic heterocycles. The molecule has 0 heterocycles. The molecule has 0 spiro atoms. The second-order valence-electron chi connectivity index (χ2n) is 5.56. The molecule has 1 unspecified atom stereocenters. The molecular formula is C17H29N. The fourth-order valence-electron chi connectivity index (χ4n) is 2.25. The van der Waals surface area contributed by atoms with Crippen molar-refractivity contribution in [2.45, 2.75) is 58.9 Å². The van der Waals surface area contributed by atoms with Crippen LogP contribution in [0.4, 0.5) is 0 Å². The Balaban J connectivity index is 2.32. The van der Waals surface area contributed by atoms with Crippen LogP contribution >= 0.6 is 0 Å². The van der Waals surface area contributed by atoms with Crippen molar-refractivity contribution in [1.29, 1.82) is 0 Å². The van der Waals surface area contributed by atoms with Gasteiger partial charge in [-0.15, -0.1) is 0 Å². The van der Waals surface area contributed by atoms with Crippen LogP contribution < -0.4 is 5.32 Å². The molecule has 0 aliphatic carbocycles. The first-order valence-corrected chi connectivity index (χ1v) is 7.51. The Hall–Kier alpha value is -0.820. The number of hydrogen-bond acceptors (Lipinski definition) is 1. The first-order valence-electron chi connectivity index (χ1n) is 7.51. The molecule has 0 bridgehead atoms. The van der Waals surface area contributed by atoms with Crippen molar-refractivity contribution in [3.63, 3.8) is 0 Å². The van der Waals surface area contributed by atoms with Crippen LogP contribution in [0, 0.1) is 5.92 Å². The lowest BCUT2D eigenvalue weighted by atomic mass is 9.96. The molecule has 18 heavy (non-hydrogen) atoms. The minimum Gasteiger partial charge on any atom is -0.313 e. The Bertz CT molecular complexity index is 292. The minimum atomic E-state index is 0.606. The van der Waals surface area contributed by atoms with Crippen LogP contribution in [0.25, 0.3) is 0 Å². The highest BCUT2D eigenvalue weighted by Crippen LogP contribution is 2.10. The quantitative estimate of drug-likeness (QED) is 0.637. The smallest absolute Gasteiger partial charge is 0.0130 e. The van der Waals surface area contributed by atoms with Crippen molar-refractivity contribution in [2.75, 3.05) is 6.54 Å². The van der Waals surface area contributed by atoms with Gasteiger partial charge in [0.2, 0.25) is 0 Å². The molecule has 0 radical (unpaired) electrons. The zero-order valence-electron chi connectivity index (χ0n) is 12.3. The molecule has 102 valence electrons. The first kappa shape index (κ1) is 15.2. The summed E-state index contributed by atoms with van der Waals surface area (Å²) >= 11 is 0. The zero-order valence-corrected chi connectivity index (χ0v) is 12.3. The summed E-state index contributed by atoms with van der Waals surface area (Å²) in [5, 5.41) is 3.73. The summed E-state index contributed by atoms with van der Waals surface area (Å²) in [6.45, 7) is 8.05. The van der Waals surface area contributed by atoms with E-state index in [1.165, 1.54) is 31.2 Å². The summed E-state index contributed by atoms with van der Waals surface area (Å²) < 4.78 is 0. The molecule has 1 heteroatoms. The molecule has 0 saturated heterocycles. The maximum absolute atomic E-state index is 3.73. The lowest BCUT2D eigenvalue weighted by Crippen LogP contribution is -2.36. The van der Waals surface area contributed by atoms with Gasteiger partial charge in [0.25, 0.3) is 0 Å². The van der Waals surface area contributed by atoms with E-state index in [1.807, 2.05) is 0 Å². The Morgan fingerprint density at radius 2 is 1.72 bits per heavy atom. The van der Waals surface area contributed by atoms with Crippen molar-refractivity contribution < 1.29 is 0 Å². The maximum Gasteiger partial charge on any atom is 0.0130 e. The summed E-state index contributed by atoms with van der Waals surface area (Å²) in [5.74, 6) is 0.691. The molecular weight excluding hydrogens is 218 g/mol. The number of hydrogen-bond donors (Lipinski definition) is 1. The largest absolute Gasteiger partial charge is 0.313 e. The van der Waals surface area contributed by atoms with Gasteiger partial charge >= 0.3 is 0 Å². The summed E-state index contributed by atoms with van der Waals surface area (Å²) in [7, 11) is 0. The van der Waals surface area contributed by atoms with E-state index in [0.29, 0.717) is 12.0 Å². The second kappa shape index (κ2) is 9.16. The van der Waals surface area contributed by atoms with Gasteiger partial charge in [-0.2, -0.15) is 0 Å². The molecule has 0 amide bonds. The normalized spacial score (nSPS) is 12.9. The zero-order chi connectivity index (χ0) is 13.2. The molecule has 0 aliphatic rings. The number of unbranched alkanes of at least 4 members (excludes halogenated alkanes) is 3. The lowest BCUT2D eigenvalue weighted by Gasteiger charge is -2.22. The Kier molecular flexibility index (Phi) is 7.75. The maximum atomic E-state index is 3.73. The third-order valence-corrected chi connectivity index (χ3v) is 3.54. The van der Waals surface area contributed by atoms with E-state index in [4.69, 9.17) is 0 Å². The van der Waals surface area contributed by atoms with Gasteiger partial charge < -0.3 is 5.32 Å². The van der Waals surface area contributed by atoms with Gasteiger partial charge in [0.05, 0.1) is 0 Å². The van der Waals surface area contributed by atoms with Gasteiger partial charge in [0, 0.05) is 6.04 Å². The Morgan fingerprint density at radius 1 is 1.00 bits per heavy atom. The molecule has 1 aromatic rings. The molecule has 1 atom stereocenters. The minimum absolute atomic E-state index is 0.606. The van der Waals surface area contributed by atoms with Crippen molar-refractivity contribution in [3.8, 4) is 0 Å². The van der Waals surface area contributed by atoms with E-state index in [9.17, 15) is 0 Å². The molecule has 1 nitrogen and oxygen atoms in total. The van der Waals surface area contributed by atoms with Crippen molar-refractivity contribution in [2.24, 2.45) is 5.92 Å². The van der Waals surface area contributed by atoms with E-state index in [1.54, 1.807) is 0 Å². The third-order valence-electron chi connectivity index (χ3n) is 3.54. The van der Waals surface area contributed by atoms with E-state index in [-0.39, 0.29) is 0 Å². The second-order valence-corrected chi connectivity index (χ2v) is 5.56. The highest BCUT2D eigenvalue weighted by atomic mass is 14.9. The third kappa shape index (κ3) is 6.20. The van der Waals surface area contributed by atoms with E-state index in [2.05, 4.69) is 56.4 Å². The molecule has 1 rings (SSSR count). The number of rotatable bonds is 9. The van der Waals surface area contributed by atoms with E-state index in [0.717, 1.165) is 13.0 Å². The van der Waals surface area contributed by atoms with Crippen molar-refractivity contribution in [3.05, 3.63) is 35.9 Å². The van der Waals surface area contributed by atoms with Gasteiger partial charge in [-0.1, -0.05) is 70.4 Å². The predicted molar refractivity (Wildman–Crippen MR) is 80.9 cm³/mol. The van der Waals surface area contributed by atoms with Gasteiger partial charge in [-0.05, 0) is 30.9 Å². The van der Waals surface area contributed by atoms with Crippen LogP contribution in [-0.2, 0) is 6.42 Å². The lowest BCUT2D eigenvalue weighted by molar-refractivity contribution is 0.391. The SMILES string of the molecule is CCCCCCNC(Cc1ccccc1)C(C)C. The van der Waals surface area contributed by atoms with Crippen molar-refractivity contribution in [1.82, 2.24) is 5.32 Å². The van der Waals surface area contributed by atoms with Gasteiger partial charge in [0.1, 0.15) is 0 Å². The Labute approximate surface area is 113 Å². The summed E-state index contributed by atoms with van der Waals surface area (Å²) in [4.78, 5) is 0. The highest BCUT2D eigenvalue weighted by molar-refractivity contribution is 5.16. The van der Waals surface area contributed by atoms with Crippen molar-refractivity contribution >= 4 is 0 Å². The fraction of sp³-hybridized carbons (Fsp3) is 0.647. The Morgan fingerprint density at radius 3 is 2.33 bits per heavy atom. The first-order chi connectivity index (χ1) is 8.74. The van der Waals surface area contributed by atoms with Crippen LogP contribution in [0.1, 0.15) is 52.0 Å². The van der Waals surface area contributed by atoms with Gasteiger partial charge in [0.15, 0.2) is 0 Å². The van der Waals surface area contributed by atoms with E-state index >= 15 is 0 Å². The standard InChI is InChI=1S/C17H29N/c1-4-5-6-10-13-18-17(15(2)3)14-16-11-8-7-9-12-16/h7-9,11-12,15,17-18H,4-6,10,13-14H2,1-3H3. The van der Waals surface area contributed by atoms with Gasteiger partial charge in [-0.25, -0.2) is 0 Å². The molecule has 0 fully saturated rings.